The first kappa shape index (κ1) is 137. The van der Waals surface area contributed by atoms with Gasteiger partial charge in [-0.1, -0.05) is 550 Å². The second-order valence-corrected chi connectivity index (χ2v) is 36.2. The van der Waals surface area contributed by atoms with E-state index in [2.05, 4.69) is 215 Å². The Balaban J connectivity index is -0.0000000703. The average Bonchev–Trinajstić information content (AvgIpc) is 0.995. The number of hydrogen-bond donors (Lipinski definition) is 0. The summed E-state index contributed by atoms with van der Waals surface area (Å²) in [5, 5.41) is 0.244. The van der Waals surface area contributed by atoms with E-state index in [4.69, 9.17) is 102 Å². The lowest BCUT2D eigenvalue weighted by Crippen LogP contribution is -2.09. The summed E-state index contributed by atoms with van der Waals surface area (Å²) in [6.07, 6.45) is 58.5. The molecule has 26 radical (unpaired) electrons. The molecular formula is C91H197B13. The molecule has 0 aromatic rings. The van der Waals surface area contributed by atoms with Gasteiger partial charge in [-0.3, -0.25) is 0 Å². The molecular weight excluding hydrogens is 1230 g/mol. The molecule has 0 spiro atoms. The molecule has 0 saturated heterocycles. The zero-order valence-corrected chi connectivity index (χ0v) is 79.7. The van der Waals surface area contributed by atoms with Gasteiger partial charge in [0.15, 0.2) is 0 Å². The monoisotopic (exact) mass is 1430 g/mol. The lowest BCUT2D eigenvalue weighted by atomic mass is 9.69. The summed E-state index contributed by atoms with van der Waals surface area (Å²) >= 11 is 0. The molecule has 0 aliphatic carbocycles. The molecule has 0 saturated carbocycles. The Morgan fingerprint density at radius 2 is 0.356 bits per heavy atom. The molecule has 0 aromatic carbocycles. The quantitative estimate of drug-likeness (QED) is 0.0421. The third-order valence-corrected chi connectivity index (χ3v) is 17.3. The van der Waals surface area contributed by atoms with Crippen LogP contribution in [0.4, 0.5) is 0 Å². The fourth-order valence-corrected chi connectivity index (χ4v) is 7.74. The first-order chi connectivity index (χ1) is 47.9. The highest BCUT2D eigenvalue weighted by Gasteiger charge is 2.15. The molecule has 0 aliphatic heterocycles. The van der Waals surface area contributed by atoms with Crippen LogP contribution in [0.5, 0.6) is 0 Å². The number of hydrogen-bond acceptors (Lipinski definition) is 0. The zero-order chi connectivity index (χ0) is 85.1. The van der Waals surface area contributed by atoms with Gasteiger partial charge in [-0.05, 0) is 40.9 Å². The van der Waals surface area contributed by atoms with Crippen LogP contribution >= 0.6 is 0 Å². The molecule has 600 valence electrons. The van der Waals surface area contributed by atoms with E-state index in [9.17, 15) is 0 Å². The molecule has 0 rings (SSSR count). The Bertz CT molecular complexity index is 1350. The van der Waals surface area contributed by atoms with Crippen molar-refractivity contribution in [3.05, 3.63) is 0 Å². The van der Waals surface area contributed by atoms with Gasteiger partial charge in [-0.25, -0.2) is 0 Å². The van der Waals surface area contributed by atoms with Gasteiger partial charge < -0.3 is 0 Å². The van der Waals surface area contributed by atoms with E-state index < -0.39 is 0 Å². The largest absolute Gasteiger partial charge is 0.0889 e. The van der Waals surface area contributed by atoms with Gasteiger partial charge in [0.1, 0.15) is 0 Å². The van der Waals surface area contributed by atoms with E-state index in [0.717, 1.165) is 89.1 Å². The predicted molar refractivity (Wildman–Crippen MR) is 513 cm³/mol. The van der Waals surface area contributed by atoms with E-state index in [1.165, 1.54) is 225 Å². The lowest BCUT2D eigenvalue weighted by Gasteiger charge is -2.21. The highest BCUT2D eigenvalue weighted by Crippen LogP contribution is 2.31. The zero-order valence-electron chi connectivity index (χ0n) is 79.7. The molecule has 0 amide bonds. The lowest BCUT2D eigenvalue weighted by molar-refractivity contribution is 0.309. The Morgan fingerprint density at radius 3 is 0.538 bits per heavy atom. The van der Waals surface area contributed by atoms with Gasteiger partial charge in [0, 0.05) is 0 Å². The molecule has 13 heteroatoms. The summed E-state index contributed by atoms with van der Waals surface area (Å²) in [4.78, 5) is 0. The van der Waals surface area contributed by atoms with Crippen LogP contribution in [-0.2, 0) is 0 Å². The van der Waals surface area contributed by atoms with E-state index in [1.54, 1.807) is 0 Å². The summed E-state index contributed by atoms with van der Waals surface area (Å²) < 4.78 is 0. The van der Waals surface area contributed by atoms with Gasteiger partial charge >= 0.3 is 0 Å². The van der Waals surface area contributed by atoms with Crippen molar-refractivity contribution >= 4 is 102 Å². The van der Waals surface area contributed by atoms with Crippen LogP contribution in [0.1, 0.15) is 492 Å². The summed E-state index contributed by atoms with van der Waals surface area (Å²) in [5.74, 6) is 0. The van der Waals surface area contributed by atoms with E-state index >= 15 is 0 Å². The standard InChI is InChI=1S/C10H22.C9H19B.2C8H17B.3C7H15B.3C6H13B.2C5H11B.C4H9B.C3H7B/c1-5-7-8-9-10(3,4)6-2;1-4-5-6-7-8-9(2,3)10;1-4-5-6-8(2,3)7-9;1-4-5-6-7-8(2,3)9;1-4-5-7(2,3)6-8;1-4-5-6-7(2,3)8;1-2-3-4-5-6-7-8;1-4-6(2,3)5-7;1-4-5-6(2,3)7;1-2-3-4-5-6-7;1-4-5(2,3)6;1-2-3-4-5-6;1-2-3-4-5;1-2-3-4/h5-9H2,1-4H3;4-8H2,1-3H3;2*4-7H2,1-3H3;2*4-6H2,1-3H3;2-7H2,1H3;2*4-5H2,1-3H3;2-6H2,1H3;4H2,1-3H3;2-5H2,1H3;2-4H2,1H3;2-3H2,1H3. The fraction of sp³-hybridized carbons (Fsp3) is 1.00. The molecule has 0 aromatic heterocycles. The molecule has 0 N–H and O–H groups in total. The van der Waals surface area contributed by atoms with Gasteiger partial charge in [-0.15, -0.1) is 0 Å². The van der Waals surface area contributed by atoms with Crippen molar-refractivity contribution in [1.29, 1.82) is 0 Å². The van der Waals surface area contributed by atoms with Crippen molar-refractivity contribution in [1.82, 2.24) is 0 Å². The Labute approximate surface area is 688 Å². The van der Waals surface area contributed by atoms with Crippen LogP contribution in [0, 0.1) is 21.7 Å². The Kier molecular flexibility index (Phi) is 134. The maximum atomic E-state index is 5.82. The molecule has 0 bridgehead atoms. The van der Waals surface area contributed by atoms with E-state index in [1.807, 2.05) is 13.8 Å². The highest BCUT2D eigenvalue weighted by molar-refractivity contribution is 6.15. The first-order valence-electron chi connectivity index (χ1n) is 44.4. The molecule has 0 aliphatic rings. The smallest absolute Gasteiger partial charge is 0.0738 e. The van der Waals surface area contributed by atoms with Crippen molar-refractivity contribution in [2.45, 2.75) is 569 Å². The van der Waals surface area contributed by atoms with Gasteiger partial charge in [0.05, 0.1) is 102 Å². The molecule has 0 nitrogen and oxygen atoms in total. The fourth-order valence-electron chi connectivity index (χ4n) is 7.74. The molecule has 0 atom stereocenters. The van der Waals surface area contributed by atoms with Gasteiger partial charge in [0.2, 0.25) is 0 Å². The molecule has 0 fully saturated rings. The Hall–Kier alpha value is 0.844. The molecule has 0 unspecified atom stereocenters. The minimum atomic E-state index is 0.0417. The van der Waals surface area contributed by atoms with Crippen molar-refractivity contribution in [3.8, 4) is 0 Å². The van der Waals surface area contributed by atoms with Crippen molar-refractivity contribution in [2.24, 2.45) is 21.7 Å². The summed E-state index contributed by atoms with van der Waals surface area (Å²) in [5.41, 5.74) is 1.69. The third-order valence-electron chi connectivity index (χ3n) is 17.3. The van der Waals surface area contributed by atoms with Gasteiger partial charge in [-0.2, -0.15) is 0 Å². The van der Waals surface area contributed by atoms with Crippen molar-refractivity contribution in [2.75, 3.05) is 0 Å². The number of rotatable bonds is 44. The molecule has 0 heterocycles. The predicted octanol–water partition coefficient (Wildman–Crippen LogP) is 32.7. The van der Waals surface area contributed by atoms with E-state index in [-0.39, 0.29) is 26.6 Å². The van der Waals surface area contributed by atoms with Gasteiger partial charge in [0.25, 0.3) is 0 Å². The third kappa shape index (κ3) is 213. The maximum Gasteiger partial charge on any atom is 0.0738 e. The summed E-state index contributed by atoms with van der Waals surface area (Å²) in [6, 6.07) is 0. The van der Waals surface area contributed by atoms with Crippen molar-refractivity contribution in [3.63, 3.8) is 0 Å². The summed E-state index contributed by atoms with van der Waals surface area (Å²) in [6.45, 7) is 71.4. The van der Waals surface area contributed by atoms with E-state index in [0.29, 0.717) is 21.7 Å². The second-order valence-electron chi connectivity index (χ2n) is 36.2. The minimum absolute atomic E-state index is 0.0417. The topological polar surface area (TPSA) is 0 Å². The first-order valence-corrected chi connectivity index (χ1v) is 44.4. The van der Waals surface area contributed by atoms with Crippen LogP contribution in [0.15, 0.2) is 0 Å². The van der Waals surface area contributed by atoms with Crippen LogP contribution in [-0.4, -0.2) is 102 Å². The Morgan fingerprint density at radius 1 is 0.154 bits per heavy atom. The van der Waals surface area contributed by atoms with Crippen LogP contribution < -0.4 is 0 Å². The maximum absolute atomic E-state index is 5.82. The second kappa shape index (κ2) is 102. The summed E-state index contributed by atoms with van der Waals surface area (Å²) in [7, 11) is 70.9. The van der Waals surface area contributed by atoms with Crippen LogP contribution in [0.3, 0.4) is 0 Å². The molecule has 104 heavy (non-hydrogen) atoms. The average molecular weight is 1430 g/mol. The highest BCUT2D eigenvalue weighted by atomic mass is 14.2. The van der Waals surface area contributed by atoms with Crippen molar-refractivity contribution < 1.29 is 0 Å². The normalized spacial score (nSPS) is 11.0. The van der Waals surface area contributed by atoms with Crippen LogP contribution in [0.25, 0.3) is 0 Å². The minimum Gasteiger partial charge on any atom is -0.0889 e. The van der Waals surface area contributed by atoms with Crippen LogP contribution in [0.2, 0.25) is 77.1 Å². The number of unbranched alkanes of at least 4 members (excludes halogenated alkanes) is 19. The SMILES string of the molecule is CCCCCC(C)(C)CC.[B]C(C)(C)CC.[B]C(C)(C)CCC.[B]C(C)(C)CCCC.[B]C(C)(C)CCCCC.[B]C(C)(C)CCCCCC.[B]CC(C)(C)CC.[B]CC(C)(C)CCC.[B]CC(C)(C)CCCC.[B]CCC.[B]CCCC.[B]CCCCC.[B]CCCCCC.[B]CCCCCCC.